The van der Waals surface area contributed by atoms with Crippen LogP contribution in [0.3, 0.4) is 0 Å². The predicted octanol–water partition coefficient (Wildman–Crippen LogP) is 4.25. The zero-order valence-corrected chi connectivity index (χ0v) is 12.8. The molecule has 2 rings (SSSR count). The number of hydrogen-bond donors (Lipinski definition) is 0. The Labute approximate surface area is 122 Å². The fraction of sp³-hybridized carbons (Fsp3) is 0.571. The van der Waals surface area contributed by atoms with Gasteiger partial charge in [-0.3, -0.25) is 0 Å². The van der Waals surface area contributed by atoms with Crippen LogP contribution in [0.1, 0.15) is 19.8 Å². The molecule has 0 aliphatic carbocycles. The van der Waals surface area contributed by atoms with Crippen molar-refractivity contribution in [2.75, 3.05) is 19.1 Å². The van der Waals surface area contributed by atoms with Gasteiger partial charge in [-0.25, -0.2) is 0 Å². The van der Waals surface area contributed by atoms with E-state index in [2.05, 4.69) is 22.9 Å². The zero-order chi connectivity index (χ0) is 13.0. The Bertz CT molecular complexity index is 399. The van der Waals surface area contributed by atoms with Gasteiger partial charge in [-0.15, -0.1) is 11.6 Å². The molecule has 0 amide bonds. The molecule has 2 nitrogen and oxygen atoms in total. The summed E-state index contributed by atoms with van der Waals surface area (Å²) in [5.41, 5.74) is 0.0770. The third-order valence-electron chi connectivity index (χ3n) is 3.76. The van der Waals surface area contributed by atoms with Crippen LogP contribution in [0.15, 0.2) is 28.7 Å². The third-order valence-corrected chi connectivity index (χ3v) is 4.79. The molecule has 1 fully saturated rings. The molecular weight excluding hydrogens is 316 g/mol. The number of benzene rings is 1. The van der Waals surface area contributed by atoms with E-state index in [0.29, 0.717) is 12.5 Å². The molecule has 1 heterocycles. The molecule has 1 saturated heterocycles. The smallest absolute Gasteiger partial charge is 0.120 e. The lowest BCUT2D eigenvalue weighted by Gasteiger charge is -2.29. The van der Waals surface area contributed by atoms with E-state index in [0.717, 1.165) is 29.7 Å². The van der Waals surface area contributed by atoms with Gasteiger partial charge in [-0.2, -0.15) is 0 Å². The van der Waals surface area contributed by atoms with E-state index in [-0.39, 0.29) is 11.5 Å². The first-order valence-electron chi connectivity index (χ1n) is 6.22. The highest BCUT2D eigenvalue weighted by Crippen LogP contribution is 2.39. The maximum atomic E-state index is 6.12. The number of alkyl halides is 1. The van der Waals surface area contributed by atoms with Crippen LogP contribution < -0.4 is 4.74 Å². The van der Waals surface area contributed by atoms with E-state index in [4.69, 9.17) is 21.1 Å². The molecule has 100 valence electrons. The molecule has 18 heavy (non-hydrogen) atoms. The Morgan fingerprint density at radius 3 is 3.00 bits per heavy atom. The standard InChI is InChI=1S/C14H18BrClO2/c1-11-14(10-16,5-7-17-11)6-8-18-13-4-2-3-12(15)9-13/h2-4,9,11H,5-8,10H2,1H3. The van der Waals surface area contributed by atoms with Gasteiger partial charge in [0.2, 0.25) is 0 Å². The van der Waals surface area contributed by atoms with Crippen LogP contribution in [-0.2, 0) is 4.74 Å². The van der Waals surface area contributed by atoms with E-state index >= 15 is 0 Å². The minimum atomic E-state index is 0.0770. The SMILES string of the molecule is CC1OCCC1(CCl)CCOc1cccc(Br)c1. The van der Waals surface area contributed by atoms with Crippen LogP contribution in [0.4, 0.5) is 0 Å². The monoisotopic (exact) mass is 332 g/mol. The average Bonchev–Trinajstić information content (AvgIpc) is 2.72. The number of rotatable bonds is 5. The normalized spacial score (nSPS) is 27.4. The van der Waals surface area contributed by atoms with Gasteiger partial charge in [0.1, 0.15) is 5.75 Å². The molecule has 0 bridgehead atoms. The zero-order valence-electron chi connectivity index (χ0n) is 10.5. The van der Waals surface area contributed by atoms with Crippen molar-refractivity contribution in [2.24, 2.45) is 5.41 Å². The second-order valence-corrected chi connectivity index (χ2v) is 6.00. The Morgan fingerprint density at radius 1 is 1.56 bits per heavy atom. The van der Waals surface area contributed by atoms with Crippen molar-refractivity contribution in [2.45, 2.75) is 25.9 Å². The molecule has 0 saturated carbocycles. The van der Waals surface area contributed by atoms with Crippen molar-refractivity contribution >= 4 is 27.5 Å². The maximum Gasteiger partial charge on any atom is 0.120 e. The molecule has 1 aliphatic rings. The molecule has 2 unspecified atom stereocenters. The quantitative estimate of drug-likeness (QED) is 0.750. The Hall–Kier alpha value is -0.250. The summed E-state index contributed by atoms with van der Waals surface area (Å²) in [5.74, 6) is 1.52. The summed E-state index contributed by atoms with van der Waals surface area (Å²) in [5, 5.41) is 0. The fourth-order valence-corrected chi connectivity index (χ4v) is 3.18. The summed E-state index contributed by atoms with van der Waals surface area (Å²) in [7, 11) is 0. The van der Waals surface area contributed by atoms with Crippen molar-refractivity contribution in [1.82, 2.24) is 0 Å². The van der Waals surface area contributed by atoms with Gasteiger partial charge in [0, 0.05) is 22.4 Å². The molecule has 2 atom stereocenters. The third kappa shape index (κ3) is 3.19. The Kier molecular flexibility index (Phi) is 4.93. The van der Waals surface area contributed by atoms with Crippen molar-refractivity contribution in [3.05, 3.63) is 28.7 Å². The van der Waals surface area contributed by atoms with Crippen LogP contribution in [0.5, 0.6) is 5.75 Å². The molecule has 1 aliphatic heterocycles. The van der Waals surface area contributed by atoms with Gasteiger partial charge < -0.3 is 9.47 Å². The highest BCUT2D eigenvalue weighted by Gasteiger charge is 2.40. The molecule has 0 radical (unpaired) electrons. The largest absolute Gasteiger partial charge is 0.494 e. The van der Waals surface area contributed by atoms with E-state index in [9.17, 15) is 0 Å². The van der Waals surface area contributed by atoms with Crippen molar-refractivity contribution in [1.29, 1.82) is 0 Å². The molecule has 0 spiro atoms. The van der Waals surface area contributed by atoms with Crippen molar-refractivity contribution in [3.63, 3.8) is 0 Å². The second kappa shape index (κ2) is 6.27. The highest BCUT2D eigenvalue weighted by atomic mass is 79.9. The number of ether oxygens (including phenoxy) is 2. The second-order valence-electron chi connectivity index (χ2n) is 4.81. The first kappa shape index (κ1) is 14.2. The minimum absolute atomic E-state index is 0.0770. The lowest BCUT2D eigenvalue weighted by atomic mass is 9.81. The summed E-state index contributed by atoms with van der Waals surface area (Å²) in [6.07, 6.45) is 2.19. The lowest BCUT2D eigenvalue weighted by molar-refractivity contribution is 0.0620. The van der Waals surface area contributed by atoms with E-state index in [1.807, 2.05) is 24.3 Å². The molecule has 1 aromatic rings. The van der Waals surface area contributed by atoms with E-state index in [1.165, 1.54) is 0 Å². The van der Waals surface area contributed by atoms with Gasteiger partial charge >= 0.3 is 0 Å². The predicted molar refractivity (Wildman–Crippen MR) is 77.4 cm³/mol. The average molecular weight is 334 g/mol. The molecule has 1 aromatic carbocycles. The van der Waals surface area contributed by atoms with Crippen LogP contribution in [0.2, 0.25) is 0 Å². The minimum Gasteiger partial charge on any atom is -0.494 e. The summed E-state index contributed by atoms with van der Waals surface area (Å²) >= 11 is 9.56. The Balaban J connectivity index is 1.88. The lowest BCUT2D eigenvalue weighted by Crippen LogP contribution is -2.32. The summed E-state index contributed by atoms with van der Waals surface area (Å²) in [6.45, 7) is 3.59. The van der Waals surface area contributed by atoms with Crippen molar-refractivity contribution < 1.29 is 9.47 Å². The van der Waals surface area contributed by atoms with Gasteiger partial charge in [0.15, 0.2) is 0 Å². The van der Waals surface area contributed by atoms with Gasteiger partial charge in [-0.05, 0) is 38.0 Å². The van der Waals surface area contributed by atoms with Crippen molar-refractivity contribution in [3.8, 4) is 5.75 Å². The van der Waals surface area contributed by atoms with Crippen LogP contribution >= 0.6 is 27.5 Å². The summed E-state index contributed by atoms with van der Waals surface area (Å²) in [6, 6.07) is 7.90. The maximum absolute atomic E-state index is 6.12. The summed E-state index contributed by atoms with van der Waals surface area (Å²) in [4.78, 5) is 0. The molecular formula is C14H18BrClO2. The number of hydrogen-bond acceptors (Lipinski definition) is 2. The van der Waals surface area contributed by atoms with Gasteiger partial charge in [-0.1, -0.05) is 22.0 Å². The van der Waals surface area contributed by atoms with Gasteiger partial charge in [0.25, 0.3) is 0 Å². The van der Waals surface area contributed by atoms with Gasteiger partial charge in [0.05, 0.1) is 12.7 Å². The van der Waals surface area contributed by atoms with Crippen LogP contribution in [0, 0.1) is 5.41 Å². The topological polar surface area (TPSA) is 18.5 Å². The molecule has 0 N–H and O–H groups in total. The fourth-order valence-electron chi connectivity index (χ4n) is 2.32. The Morgan fingerprint density at radius 2 is 2.39 bits per heavy atom. The molecule has 4 heteroatoms. The highest BCUT2D eigenvalue weighted by molar-refractivity contribution is 9.10. The molecule has 0 aromatic heterocycles. The summed E-state index contributed by atoms with van der Waals surface area (Å²) < 4.78 is 12.4. The van der Waals surface area contributed by atoms with E-state index in [1.54, 1.807) is 0 Å². The first-order valence-corrected chi connectivity index (χ1v) is 7.55. The van der Waals surface area contributed by atoms with Crippen LogP contribution in [0.25, 0.3) is 0 Å². The van der Waals surface area contributed by atoms with E-state index < -0.39 is 0 Å². The first-order chi connectivity index (χ1) is 8.66. The number of halogens is 2. The van der Waals surface area contributed by atoms with Crippen LogP contribution in [-0.4, -0.2) is 25.2 Å².